The Balaban J connectivity index is 2.11. The number of rotatable bonds is 6. The van der Waals surface area contributed by atoms with Crippen LogP contribution in [0, 0.1) is 0 Å². The second kappa shape index (κ2) is 6.43. The Bertz CT molecular complexity index is 560. The van der Waals surface area contributed by atoms with Gasteiger partial charge in [0, 0.05) is 30.5 Å². The van der Waals surface area contributed by atoms with Gasteiger partial charge in [-0.3, -0.25) is 9.78 Å². The van der Waals surface area contributed by atoms with E-state index in [1.54, 1.807) is 6.20 Å². The second-order valence-corrected chi connectivity index (χ2v) is 4.87. The zero-order valence-electron chi connectivity index (χ0n) is 11.5. The molecule has 0 saturated heterocycles. The molecule has 2 aromatic rings. The van der Waals surface area contributed by atoms with Gasteiger partial charge in [0.1, 0.15) is 5.78 Å². The van der Waals surface area contributed by atoms with Gasteiger partial charge in [-0.25, -0.2) is 0 Å². The first kappa shape index (κ1) is 13.7. The maximum Gasteiger partial charge on any atom is 0.138 e. The van der Waals surface area contributed by atoms with Crippen LogP contribution in [0.25, 0.3) is 10.9 Å². The number of nitrogens with one attached hydrogen (secondary N) is 1. The molecule has 1 unspecified atom stereocenters. The van der Waals surface area contributed by atoms with Crippen molar-refractivity contribution in [1.29, 1.82) is 0 Å². The molecule has 1 aromatic heterocycles. The SMILES string of the molecule is CCNC(C)CC(=O)Cc1ccnc2ccccc12. The van der Waals surface area contributed by atoms with Gasteiger partial charge in [-0.2, -0.15) is 0 Å². The number of Topliss-reactive ketones (excluding diaryl/α,β-unsaturated/α-hetero) is 1. The highest BCUT2D eigenvalue weighted by Crippen LogP contribution is 2.17. The molecule has 1 atom stereocenters. The number of ketones is 1. The number of para-hydroxylation sites is 1. The minimum atomic E-state index is 0.241. The van der Waals surface area contributed by atoms with Gasteiger partial charge >= 0.3 is 0 Å². The summed E-state index contributed by atoms with van der Waals surface area (Å²) in [5.41, 5.74) is 2.02. The largest absolute Gasteiger partial charge is 0.314 e. The van der Waals surface area contributed by atoms with Crippen molar-refractivity contribution in [2.24, 2.45) is 0 Å². The summed E-state index contributed by atoms with van der Waals surface area (Å²) in [4.78, 5) is 16.4. The zero-order valence-corrected chi connectivity index (χ0v) is 11.5. The number of carbonyl (C=O) groups is 1. The quantitative estimate of drug-likeness (QED) is 0.864. The zero-order chi connectivity index (χ0) is 13.7. The molecule has 100 valence electrons. The van der Waals surface area contributed by atoms with E-state index in [0.29, 0.717) is 12.8 Å². The summed E-state index contributed by atoms with van der Waals surface area (Å²) in [6, 6.07) is 10.1. The predicted molar refractivity (Wildman–Crippen MR) is 78.2 cm³/mol. The third-order valence-corrected chi connectivity index (χ3v) is 3.21. The number of nitrogens with zero attached hydrogens (tertiary/aromatic N) is 1. The molecule has 19 heavy (non-hydrogen) atoms. The van der Waals surface area contributed by atoms with E-state index in [9.17, 15) is 4.79 Å². The normalized spacial score (nSPS) is 12.5. The molecule has 0 aliphatic heterocycles. The van der Waals surface area contributed by atoms with Crippen LogP contribution in [0.4, 0.5) is 0 Å². The topological polar surface area (TPSA) is 42.0 Å². The van der Waals surface area contributed by atoms with Gasteiger partial charge in [-0.05, 0) is 31.2 Å². The molecule has 0 amide bonds. The van der Waals surface area contributed by atoms with Crippen molar-refractivity contribution < 1.29 is 4.79 Å². The van der Waals surface area contributed by atoms with Crippen LogP contribution in [0.3, 0.4) is 0 Å². The van der Waals surface area contributed by atoms with Gasteiger partial charge in [-0.1, -0.05) is 25.1 Å². The number of benzene rings is 1. The van der Waals surface area contributed by atoms with Crippen molar-refractivity contribution in [1.82, 2.24) is 10.3 Å². The van der Waals surface area contributed by atoms with Crippen molar-refractivity contribution in [3.8, 4) is 0 Å². The molecule has 1 aromatic carbocycles. The number of fused-ring (bicyclic) bond motifs is 1. The highest BCUT2D eigenvalue weighted by atomic mass is 16.1. The first-order chi connectivity index (χ1) is 9.20. The first-order valence-corrected chi connectivity index (χ1v) is 6.78. The number of aromatic nitrogens is 1. The lowest BCUT2D eigenvalue weighted by Gasteiger charge is -2.11. The molecule has 2 rings (SSSR count). The van der Waals surface area contributed by atoms with Gasteiger partial charge in [0.05, 0.1) is 5.52 Å². The van der Waals surface area contributed by atoms with Gasteiger partial charge in [0.15, 0.2) is 0 Å². The minimum Gasteiger partial charge on any atom is -0.314 e. The molecule has 3 nitrogen and oxygen atoms in total. The van der Waals surface area contributed by atoms with Crippen LogP contribution in [0.2, 0.25) is 0 Å². The third-order valence-electron chi connectivity index (χ3n) is 3.21. The molecule has 0 spiro atoms. The molecule has 1 heterocycles. The Morgan fingerprint density at radius 1 is 1.32 bits per heavy atom. The standard InChI is InChI=1S/C16H20N2O/c1-3-17-12(2)10-14(19)11-13-8-9-18-16-7-5-4-6-15(13)16/h4-9,12,17H,3,10-11H2,1-2H3. The van der Waals surface area contributed by atoms with Gasteiger partial charge < -0.3 is 5.32 Å². The van der Waals surface area contributed by atoms with E-state index >= 15 is 0 Å². The van der Waals surface area contributed by atoms with Crippen LogP contribution in [-0.2, 0) is 11.2 Å². The molecule has 0 radical (unpaired) electrons. The van der Waals surface area contributed by atoms with Crippen LogP contribution in [0.5, 0.6) is 0 Å². The lowest BCUT2D eigenvalue weighted by molar-refractivity contribution is -0.118. The fraction of sp³-hybridized carbons (Fsp3) is 0.375. The van der Waals surface area contributed by atoms with E-state index in [0.717, 1.165) is 23.0 Å². The van der Waals surface area contributed by atoms with Gasteiger partial charge in [0.25, 0.3) is 0 Å². The van der Waals surface area contributed by atoms with E-state index in [-0.39, 0.29) is 11.8 Å². The van der Waals surface area contributed by atoms with Gasteiger partial charge in [-0.15, -0.1) is 0 Å². The molecule has 3 heteroatoms. The first-order valence-electron chi connectivity index (χ1n) is 6.78. The fourth-order valence-electron chi connectivity index (χ4n) is 2.36. The maximum absolute atomic E-state index is 12.1. The highest BCUT2D eigenvalue weighted by Gasteiger charge is 2.10. The van der Waals surface area contributed by atoms with Crippen LogP contribution in [0.15, 0.2) is 36.5 Å². The third kappa shape index (κ3) is 3.61. The number of carbonyl (C=O) groups excluding carboxylic acids is 1. The van der Waals surface area contributed by atoms with Crippen LogP contribution >= 0.6 is 0 Å². The lowest BCUT2D eigenvalue weighted by Crippen LogP contribution is -2.28. The Morgan fingerprint density at radius 2 is 2.11 bits per heavy atom. The van der Waals surface area contributed by atoms with Gasteiger partial charge in [0.2, 0.25) is 0 Å². The second-order valence-electron chi connectivity index (χ2n) is 4.87. The predicted octanol–water partition coefficient (Wildman–Crippen LogP) is 2.73. The molecule has 0 aliphatic carbocycles. The highest BCUT2D eigenvalue weighted by molar-refractivity contribution is 5.89. The molecule has 0 saturated carbocycles. The fourth-order valence-corrected chi connectivity index (χ4v) is 2.36. The van der Waals surface area contributed by atoms with Crippen LogP contribution in [0.1, 0.15) is 25.8 Å². The number of pyridine rings is 1. The summed E-state index contributed by atoms with van der Waals surface area (Å²) in [7, 11) is 0. The van der Waals surface area contributed by atoms with E-state index in [1.165, 1.54) is 0 Å². The van der Waals surface area contributed by atoms with E-state index in [1.807, 2.05) is 37.3 Å². The number of hydrogen-bond acceptors (Lipinski definition) is 3. The average Bonchev–Trinajstić information content (AvgIpc) is 2.39. The number of hydrogen-bond donors (Lipinski definition) is 1. The molecule has 0 fully saturated rings. The molecular weight excluding hydrogens is 236 g/mol. The summed E-state index contributed by atoms with van der Waals surface area (Å²) in [5.74, 6) is 0.268. The van der Waals surface area contributed by atoms with Crippen molar-refractivity contribution in [3.05, 3.63) is 42.1 Å². The minimum absolute atomic E-state index is 0.241. The van der Waals surface area contributed by atoms with Crippen molar-refractivity contribution >= 4 is 16.7 Å². The van der Waals surface area contributed by atoms with E-state index in [4.69, 9.17) is 0 Å². The monoisotopic (exact) mass is 256 g/mol. The van der Waals surface area contributed by atoms with Crippen LogP contribution in [-0.4, -0.2) is 23.4 Å². The lowest BCUT2D eigenvalue weighted by atomic mass is 10.0. The van der Waals surface area contributed by atoms with Crippen LogP contribution < -0.4 is 5.32 Å². The Kier molecular flexibility index (Phi) is 4.63. The maximum atomic E-state index is 12.1. The Labute approximate surface area is 114 Å². The average molecular weight is 256 g/mol. The Hall–Kier alpha value is -1.74. The smallest absolute Gasteiger partial charge is 0.138 e. The Morgan fingerprint density at radius 3 is 2.89 bits per heavy atom. The van der Waals surface area contributed by atoms with E-state index in [2.05, 4.69) is 17.2 Å². The summed E-state index contributed by atoms with van der Waals surface area (Å²) in [5, 5.41) is 4.34. The summed E-state index contributed by atoms with van der Waals surface area (Å²) in [6.45, 7) is 5.00. The molecule has 0 aliphatic rings. The van der Waals surface area contributed by atoms with Crippen molar-refractivity contribution in [2.45, 2.75) is 32.7 Å². The summed E-state index contributed by atoms with van der Waals surface area (Å²) >= 11 is 0. The van der Waals surface area contributed by atoms with Crippen molar-refractivity contribution in [2.75, 3.05) is 6.54 Å². The molecular formula is C16H20N2O. The van der Waals surface area contributed by atoms with E-state index < -0.39 is 0 Å². The van der Waals surface area contributed by atoms with Crippen molar-refractivity contribution in [3.63, 3.8) is 0 Å². The summed E-state index contributed by atoms with van der Waals surface area (Å²) in [6.07, 6.45) is 2.84. The molecule has 0 bridgehead atoms. The summed E-state index contributed by atoms with van der Waals surface area (Å²) < 4.78 is 0. The molecule has 1 N–H and O–H groups in total.